The van der Waals surface area contributed by atoms with Crippen LogP contribution in [-0.2, 0) is 5.41 Å². The lowest BCUT2D eigenvalue weighted by molar-refractivity contribution is 0.487. The Morgan fingerprint density at radius 1 is 1.30 bits per heavy atom. The third kappa shape index (κ3) is 5.44. The topological polar surface area (TPSA) is 61.5 Å². The summed E-state index contributed by atoms with van der Waals surface area (Å²) in [5.74, 6) is 0.728. The van der Waals surface area contributed by atoms with E-state index in [-0.39, 0.29) is 17.8 Å². The molecule has 1 heterocycles. The van der Waals surface area contributed by atoms with Crippen molar-refractivity contribution in [1.82, 2.24) is 9.27 Å². The van der Waals surface area contributed by atoms with Crippen molar-refractivity contribution in [3.8, 4) is 16.9 Å². The van der Waals surface area contributed by atoms with E-state index in [1.54, 1.807) is 0 Å². The van der Waals surface area contributed by atoms with Crippen molar-refractivity contribution in [2.24, 2.45) is 4.99 Å². The predicted octanol–water partition coefficient (Wildman–Crippen LogP) is 5.75. The molecule has 0 spiro atoms. The van der Waals surface area contributed by atoms with E-state index in [2.05, 4.69) is 22.4 Å². The molecule has 0 bridgehead atoms. The first-order chi connectivity index (χ1) is 12.2. The van der Waals surface area contributed by atoms with Crippen LogP contribution < -0.4 is 4.74 Å². The van der Waals surface area contributed by atoms with Crippen molar-refractivity contribution in [1.29, 1.82) is 5.26 Å². The monoisotopic (exact) mass is 406 g/mol. The second kappa shape index (κ2) is 9.20. The van der Waals surface area contributed by atoms with Gasteiger partial charge >= 0.3 is 0 Å². The van der Waals surface area contributed by atoms with E-state index in [9.17, 15) is 5.26 Å². The Hall–Kier alpha value is -2.10. The molecule has 146 valence electrons. The Labute approximate surface area is 172 Å². The quantitative estimate of drug-likeness (QED) is 0.468. The second-order valence-electron chi connectivity index (χ2n) is 7.38. The lowest BCUT2D eigenvalue weighted by Gasteiger charge is -2.15. The number of nitriles is 1. The molecule has 2 rings (SSSR count). The number of hydrogen-bond acceptors (Lipinski definition) is 5. The van der Waals surface area contributed by atoms with Crippen LogP contribution in [0, 0.1) is 25.2 Å². The number of aryl methyl sites for hydroxylation is 2. The van der Waals surface area contributed by atoms with Crippen LogP contribution in [0.3, 0.4) is 0 Å². The summed E-state index contributed by atoms with van der Waals surface area (Å²) in [6.45, 7) is 13.1. The second-order valence-corrected chi connectivity index (χ2v) is 8.12. The fourth-order valence-electron chi connectivity index (χ4n) is 2.32. The summed E-state index contributed by atoms with van der Waals surface area (Å²) < 4.78 is 10.5. The largest absolute Gasteiger partial charge is 0.443 e. The zero-order chi connectivity index (χ0) is 19.5. The fourth-order valence-corrected chi connectivity index (χ4v) is 3.22. The number of halogens is 1. The summed E-state index contributed by atoms with van der Waals surface area (Å²) >= 11 is 1.23. The molecule has 0 amide bonds. The van der Waals surface area contributed by atoms with Crippen molar-refractivity contribution in [2.75, 3.05) is 13.6 Å². The number of ether oxygens (including phenoxy) is 1. The summed E-state index contributed by atoms with van der Waals surface area (Å²) in [5.41, 5.74) is 4.00. The third-order valence-corrected chi connectivity index (χ3v) is 4.80. The standard InChI is InChI=1S/C20H26N4OS.ClH/c1-8-24(7)12-22-16-9-14(3)17(10-13(16)2)25-19-15(11-21)18(23-26-19)20(4,5)6;/h9-10,12H,8H2,1-7H3;1H. The van der Waals surface area contributed by atoms with Crippen LogP contribution in [0.2, 0.25) is 0 Å². The molecule has 27 heavy (non-hydrogen) atoms. The van der Waals surface area contributed by atoms with Gasteiger partial charge in [0.1, 0.15) is 17.4 Å². The zero-order valence-corrected chi connectivity index (χ0v) is 18.6. The van der Waals surface area contributed by atoms with Gasteiger partial charge in [0.2, 0.25) is 5.06 Å². The van der Waals surface area contributed by atoms with Gasteiger partial charge in [-0.3, -0.25) is 0 Å². The first-order valence-electron chi connectivity index (χ1n) is 8.61. The molecule has 1 aromatic carbocycles. The Morgan fingerprint density at radius 2 is 1.96 bits per heavy atom. The lowest BCUT2D eigenvalue weighted by atomic mass is 9.90. The van der Waals surface area contributed by atoms with Crippen molar-refractivity contribution in [3.05, 3.63) is 34.5 Å². The van der Waals surface area contributed by atoms with E-state index >= 15 is 0 Å². The molecular formula is C20H27ClN4OS. The van der Waals surface area contributed by atoms with Crippen molar-refractivity contribution in [2.45, 2.75) is 47.0 Å². The average Bonchev–Trinajstić information content (AvgIpc) is 2.99. The third-order valence-electron chi connectivity index (χ3n) is 4.07. The number of aromatic nitrogens is 1. The Balaban J connectivity index is 0.00000364. The number of benzene rings is 1. The highest BCUT2D eigenvalue weighted by atomic mass is 35.5. The fraction of sp³-hybridized carbons (Fsp3) is 0.450. The highest BCUT2D eigenvalue weighted by Gasteiger charge is 2.26. The molecule has 0 N–H and O–H groups in total. The molecule has 0 unspecified atom stereocenters. The van der Waals surface area contributed by atoms with Crippen LogP contribution in [0.25, 0.3) is 0 Å². The molecule has 1 aromatic heterocycles. The summed E-state index contributed by atoms with van der Waals surface area (Å²) in [6.07, 6.45) is 1.83. The van der Waals surface area contributed by atoms with Crippen LogP contribution in [0.1, 0.15) is 50.1 Å². The maximum atomic E-state index is 9.56. The van der Waals surface area contributed by atoms with Crippen LogP contribution in [0.5, 0.6) is 10.8 Å². The van der Waals surface area contributed by atoms with Gasteiger partial charge in [-0.25, -0.2) is 4.99 Å². The minimum atomic E-state index is -0.196. The van der Waals surface area contributed by atoms with Crippen molar-refractivity contribution >= 4 is 36.0 Å². The van der Waals surface area contributed by atoms with Crippen LogP contribution >= 0.6 is 23.9 Å². The number of nitrogens with zero attached hydrogens (tertiary/aromatic N) is 4. The highest BCUT2D eigenvalue weighted by molar-refractivity contribution is 7.08. The maximum absolute atomic E-state index is 9.56. The molecule has 0 saturated heterocycles. The minimum absolute atomic E-state index is 0. The first kappa shape index (κ1) is 22.9. The van der Waals surface area contributed by atoms with E-state index in [4.69, 9.17) is 4.74 Å². The van der Waals surface area contributed by atoms with E-state index in [0.717, 1.165) is 34.8 Å². The van der Waals surface area contributed by atoms with E-state index in [0.29, 0.717) is 10.6 Å². The van der Waals surface area contributed by atoms with E-state index in [1.165, 1.54) is 11.5 Å². The van der Waals surface area contributed by atoms with Gasteiger partial charge in [0.05, 0.1) is 17.7 Å². The molecule has 0 fully saturated rings. The molecule has 0 aliphatic carbocycles. The normalized spacial score (nSPS) is 11.2. The summed E-state index contributed by atoms with van der Waals surface area (Å²) in [6, 6.07) is 6.22. The van der Waals surface area contributed by atoms with Crippen molar-refractivity contribution < 1.29 is 4.74 Å². The van der Waals surface area contributed by atoms with Gasteiger partial charge in [-0.05, 0) is 44.0 Å². The summed E-state index contributed by atoms with van der Waals surface area (Å²) in [5, 5.41) is 10.1. The van der Waals surface area contributed by atoms with Gasteiger partial charge in [-0.2, -0.15) is 9.64 Å². The SMILES string of the molecule is CCN(C)C=Nc1cc(C)c(Oc2snc(C(C)(C)C)c2C#N)cc1C.Cl. The van der Waals surface area contributed by atoms with Gasteiger partial charge in [0.15, 0.2) is 0 Å². The summed E-state index contributed by atoms with van der Waals surface area (Å²) in [4.78, 5) is 6.56. The van der Waals surface area contributed by atoms with Crippen LogP contribution in [0.4, 0.5) is 5.69 Å². The molecule has 0 saturated carbocycles. The molecule has 7 heteroatoms. The van der Waals surface area contributed by atoms with Crippen LogP contribution in [-0.4, -0.2) is 29.2 Å². The number of hydrogen-bond donors (Lipinski definition) is 0. The predicted molar refractivity (Wildman–Crippen MR) is 115 cm³/mol. The van der Waals surface area contributed by atoms with E-state index < -0.39 is 0 Å². The molecular weight excluding hydrogens is 380 g/mol. The molecule has 5 nitrogen and oxygen atoms in total. The molecule has 0 radical (unpaired) electrons. The molecule has 0 aliphatic rings. The molecule has 2 aromatic rings. The summed E-state index contributed by atoms with van der Waals surface area (Å²) in [7, 11) is 1.99. The Bertz CT molecular complexity index is 862. The van der Waals surface area contributed by atoms with Gasteiger partial charge in [-0.15, -0.1) is 12.4 Å². The first-order valence-corrected chi connectivity index (χ1v) is 9.38. The van der Waals surface area contributed by atoms with Gasteiger partial charge in [0.25, 0.3) is 0 Å². The smallest absolute Gasteiger partial charge is 0.218 e. The highest BCUT2D eigenvalue weighted by Crippen LogP contribution is 2.38. The number of rotatable bonds is 5. The minimum Gasteiger partial charge on any atom is -0.443 e. The lowest BCUT2D eigenvalue weighted by Crippen LogP contribution is -2.14. The van der Waals surface area contributed by atoms with Gasteiger partial charge < -0.3 is 9.64 Å². The zero-order valence-electron chi connectivity index (χ0n) is 17.0. The number of aliphatic imine (C=N–C) groups is 1. The van der Waals surface area contributed by atoms with Crippen molar-refractivity contribution in [3.63, 3.8) is 0 Å². The van der Waals surface area contributed by atoms with Gasteiger partial charge in [-0.1, -0.05) is 20.8 Å². The van der Waals surface area contributed by atoms with Gasteiger partial charge in [0, 0.05) is 30.5 Å². The average molecular weight is 407 g/mol. The molecule has 0 aliphatic heterocycles. The van der Waals surface area contributed by atoms with E-state index in [1.807, 2.05) is 65.0 Å². The molecule has 0 atom stereocenters. The Morgan fingerprint density at radius 3 is 2.52 bits per heavy atom. The van der Waals surface area contributed by atoms with Crippen LogP contribution in [0.15, 0.2) is 17.1 Å². The Kier molecular flexibility index (Phi) is 7.82. The maximum Gasteiger partial charge on any atom is 0.218 e.